The average molecular weight is 265 g/mol. The molecule has 5 heteroatoms. The lowest BCUT2D eigenvalue weighted by Gasteiger charge is -2.07. The summed E-state index contributed by atoms with van der Waals surface area (Å²) in [5.41, 5.74) is 6.78. The smallest absolute Gasteiger partial charge is 0.269 e. The van der Waals surface area contributed by atoms with Crippen molar-refractivity contribution in [3.8, 4) is 0 Å². The number of aromatic nitrogens is 1. The molecule has 106 valence electrons. The maximum Gasteiger partial charge on any atom is 0.269 e. The van der Waals surface area contributed by atoms with Crippen LogP contribution in [0.2, 0.25) is 0 Å². The van der Waals surface area contributed by atoms with Crippen molar-refractivity contribution in [2.75, 3.05) is 19.8 Å². The Kier molecular flexibility index (Phi) is 7.07. The van der Waals surface area contributed by atoms with Crippen LogP contribution >= 0.6 is 0 Å². The lowest BCUT2D eigenvalue weighted by molar-refractivity contribution is 0.0901. The molecule has 0 aliphatic heterocycles. The summed E-state index contributed by atoms with van der Waals surface area (Å²) < 4.78 is 5.42. The second kappa shape index (κ2) is 8.61. The van der Waals surface area contributed by atoms with Crippen molar-refractivity contribution < 1.29 is 9.53 Å². The van der Waals surface area contributed by atoms with Crippen molar-refractivity contribution in [3.63, 3.8) is 0 Å². The fraction of sp³-hybridized carbons (Fsp3) is 0.571. The fourth-order valence-electron chi connectivity index (χ4n) is 1.43. The Morgan fingerprint density at radius 1 is 1.42 bits per heavy atom. The third-order valence-electron chi connectivity index (χ3n) is 2.66. The predicted molar refractivity (Wildman–Crippen MR) is 74.7 cm³/mol. The molecule has 0 aliphatic carbocycles. The number of amides is 1. The molecule has 0 saturated heterocycles. The molecule has 1 rings (SSSR count). The third kappa shape index (κ3) is 6.31. The second-order valence-corrected chi connectivity index (χ2v) is 4.81. The van der Waals surface area contributed by atoms with Gasteiger partial charge in [-0.1, -0.05) is 19.9 Å². The van der Waals surface area contributed by atoms with E-state index < -0.39 is 0 Å². The summed E-state index contributed by atoms with van der Waals surface area (Å²) in [4.78, 5) is 15.8. The normalized spacial score (nSPS) is 10.7. The number of nitrogens with two attached hydrogens (primary N) is 1. The van der Waals surface area contributed by atoms with E-state index in [-0.39, 0.29) is 5.91 Å². The maximum atomic E-state index is 11.7. The minimum atomic E-state index is -0.184. The SMILES string of the molecule is CC(C)CCOCCNC(=O)c1ccc(CN)cn1. The van der Waals surface area contributed by atoms with Crippen LogP contribution in [0.15, 0.2) is 18.3 Å². The number of hydrogen-bond acceptors (Lipinski definition) is 4. The van der Waals surface area contributed by atoms with Gasteiger partial charge < -0.3 is 15.8 Å². The molecule has 1 amide bonds. The molecule has 5 nitrogen and oxygen atoms in total. The van der Waals surface area contributed by atoms with Gasteiger partial charge in [0.1, 0.15) is 5.69 Å². The van der Waals surface area contributed by atoms with Gasteiger partial charge in [-0.05, 0) is 24.0 Å². The van der Waals surface area contributed by atoms with Crippen LogP contribution in [0.5, 0.6) is 0 Å². The van der Waals surface area contributed by atoms with Crippen molar-refractivity contribution in [2.24, 2.45) is 11.7 Å². The van der Waals surface area contributed by atoms with Crippen LogP contribution in [0.3, 0.4) is 0 Å². The number of nitrogens with zero attached hydrogens (tertiary/aromatic N) is 1. The Hall–Kier alpha value is -1.46. The maximum absolute atomic E-state index is 11.7. The van der Waals surface area contributed by atoms with Crippen molar-refractivity contribution in [2.45, 2.75) is 26.8 Å². The van der Waals surface area contributed by atoms with Crippen molar-refractivity contribution in [3.05, 3.63) is 29.6 Å². The highest BCUT2D eigenvalue weighted by Crippen LogP contribution is 2.00. The van der Waals surface area contributed by atoms with Crippen LogP contribution in [0.25, 0.3) is 0 Å². The molecule has 19 heavy (non-hydrogen) atoms. The summed E-state index contributed by atoms with van der Waals surface area (Å²) in [5.74, 6) is 0.455. The van der Waals surface area contributed by atoms with E-state index in [2.05, 4.69) is 24.1 Å². The lowest BCUT2D eigenvalue weighted by Crippen LogP contribution is -2.28. The third-order valence-corrected chi connectivity index (χ3v) is 2.66. The number of ether oxygens (including phenoxy) is 1. The first-order valence-corrected chi connectivity index (χ1v) is 6.64. The van der Waals surface area contributed by atoms with Crippen LogP contribution in [-0.4, -0.2) is 30.6 Å². The van der Waals surface area contributed by atoms with Gasteiger partial charge in [0.2, 0.25) is 0 Å². The molecule has 0 radical (unpaired) electrons. The Morgan fingerprint density at radius 2 is 2.21 bits per heavy atom. The quantitative estimate of drug-likeness (QED) is 0.695. The molecule has 1 heterocycles. The van der Waals surface area contributed by atoms with Gasteiger partial charge >= 0.3 is 0 Å². The van der Waals surface area contributed by atoms with Crippen LogP contribution in [-0.2, 0) is 11.3 Å². The monoisotopic (exact) mass is 265 g/mol. The Bertz CT molecular complexity index is 377. The van der Waals surface area contributed by atoms with E-state index in [0.717, 1.165) is 18.6 Å². The molecule has 0 saturated carbocycles. The summed E-state index contributed by atoms with van der Waals surface area (Å²) >= 11 is 0. The van der Waals surface area contributed by atoms with Crippen LogP contribution in [0.1, 0.15) is 36.3 Å². The summed E-state index contributed by atoms with van der Waals surface area (Å²) in [6, 6.07) is 3.48. The van der Waals surface area contributed by atoms with E-state index in [9.17, 15) is 4.79 Å². The van der Waals surface area contributed by atoms with E-state index in [1.165, 1.54) is 0 Å². The van der Waals surface area contributed by atoms with Gasteiger partial charge in [0.05, 0.1) is 6.61 Å². The number of rotatable bonds is 8. The van der Waals surface area contributed by atoms with Crippen molar-refractivity contribution >= 4 is 5.91 Å². The van der Waals surface area contributed by atoms with E-state index in [4.69, 9.17) is 10.5 Å². The van der Waals surface area contributed by atoms with Gasteiger partial charge in [0.15, 0.2) is 0 Å². The predicted octanol–water partition coefficient (Wildman–Crippen LogP) is 1.33. The van der Waals surface area contributed by atoms with E-state index in [1.54, 1.807) is 18.3 Å². The molecule has 0 unspecified atom stereocenters. The zero-order valence-electron chi connectivity index (χ0n) is 11.7. The number of pyridine rings is 1. The molecule has 0 aliphatic rings. The Labute approximate surface area is 114 Å². The minimum Gasteiger partial charge on any atom is -0.380 e. The molecule has 3 N–H and O–H groups in total. The lowest BCUT2D eigenvalue weighted by atomic mass is 10.1. The Morgan fingerprint density at radius 3 is 2.79 bits per heavy atom. The first-order chi connectivity index (χ1) is 9.13. The minimum absolute atomic E-state index is 0.184. The van der Waals surface area contributed by atoms with Crippen molar-refractivity contribution in [1.82, 2.24) is 10.3 Å². The number of nitrogens with one attached hydrogen (secondary N) is 1. The Balaban J connectivity index is 2.20. The molecule has 0 fully saturated rings. The number of carbonyl (C=O) groups is 1. The van der Waals surface area contributed by atoms with Crippen LogP contribution in [0.4, 0.5) is 0 Å². The van der Waals surface area contributed by atoms with Crippen LogP contribution < -0.4 is 11.1 Å². The molecule has 1 aromatic rings. The largest absolute Gasteiger partial charge is 0.380 e. The molecule has 0 spiro atoms. The fourth-order valence-corrected chi connectivity index (χ4v) is 1.43. The first-order valence-electron chi connectivity index (χ1n) is 6.64. The topological polar surface area (TPSA) is 77.2 Å². The van der Waals surface area contributed by atoms with Gasteiger partial charge in [-0.3, -0.25) is 9.78 Å². The van der Waals surface area contributed by atoms with E-state index in [1.807, 2.05) is 0 Å². The van der Waals surface area contributed by atoms with Gasteiger partial charge in [-0.15, -0.1) is 0 Å². The number of carbonyl (C=O) groups excluding carboxylic acids is 1. The molecule has 0 atom stereocenters. The van der Waals surface area contributed by atoms with Crippen LogP contribution in [0, 0.1) is 5.92 Å². The summed E-state index contributed by atoms with van der Waals surface area (Å²) in [5, 5.41) is 2.77. The van der Waals surface area contributed by atoms with Crippen molar-refractivity contribution in [1.29, 1.82) is 0 Å². The molecular weight excluding hydrogens is 242 g/mol. The zero-order chi connectivity index (χ0) is 14.1. The average Bonchev–Trinajstić information content (AvgIpc) is 2.42. The van der Waals surface area contributed by atoms with Gasteiger partial charge in [0.25, 0.3) is 5.91 Å². The molecule has 0 bridgehead atoms. The zero-order valence-corrected chi connectivity index (χ0v) is 11.7. The number of hydrogen-bond donors (Lipinski definition) is 2. The molecular formula is C14H23N3O2. The van der Waals surface area contributed by atoms with Gasteiger partial charge in [0, 0.05) is 25.9 Å². The summed E-state index contributed by atoms with van der Waals surface area (Å²) in [6.07, 6.45) is 2.66. The summed E-state index contributed by atoms with van der Waals surface area (Å²) in [7, 11) is 0. The molecule has 1 aromatic heterocycles. The second-order valence-electron chi connectivity index (χ2n) is 4.81. The first kappa shape index (κ1) is 15.6. The molecule has 0 aromatic carbocycles. The standard InChI is InChI=1S/C14H23N3O2/c1-11(2)5-7-19-8-6-16-14(18)13-4-3-12(9-15)10-17-13/h3-4,10-11H,5-9,15H2,1-2H3,(H,16,18). The van der Waals surface area contributed by atoms with E-state index in [0.29, 0.717) is 31.3 Å². The van der Waals surface area contributed by atoms with Gasteiger partial charge in [-0.2, -0.15) is 0 Å². The highest BCUT2D eigenvalue weighted by atomic mass is 16.5. The highest BCUT2D eigenvalue weighted by Gasteiger charge is 2.05. The van der Waals surface area contributed by atoms with Gasteiger partial charge in [-0.25, -0.2) is 0 Å². The highest BCUT2D eigenvalue weighted by molar-refractivity contribution is 5.92. The summed E-state index contributed by atoms with van der Waals surface area (Å²) in [6.45, 7) is 6.50. The van der Waals surface area contributed by atoms with E-state index >= 15 is 0 Å².